The number of anilines is 1. The smallest absolute Gasteiger partial charge is 0.303 e. The number of carbonyl (C=O) groups is 1. The molecule has 94 valence electrons. The Morgan fingerprint density at radius 3 is 2.53 bits per heavy atom. The zero-order valence-electron chi connectivity index (χ0n) is 10.3. The SMILES string of the molecule is CC(C)Oc1ccc(NCCCC(=O)O)cc1. The van der Waals surface area contributed by atoms with Gasteiger partial charge in [-0.25, -0.2) is 0 Å². The average molecular weight is 237 g/mol. The first kappa shape index (κ1) is 13.4. The highest BCUT2D eigenvalue weighted by atomic mass is 16.5. The summed E-state index contributed by atoms with van der Waals surface area (Å²) in [6, 6.07) is 7.66. The number of carboxylic acids is 1. The van der Waals surface area contributed by atoms with Crippen LogP contribution >= 0.6 is 0 Å². The Morgan fingerprint density at radius 2 is 2.00 bits per heavy atom. The van der Waals surface area contributed by atoms with Crippen molar-refractivity contribution in [1.82, 2.24) is 0 Å². The lowest BCUT2D eigenvalue weighted by Gasteiger charge is -2.10. The zero-order valence-corrected chi connectivity index (χ0v) is 10.3. The predicted octanol–water partition coefficient (Wildman–Crippen LogP) is 2.75. The molecule has 2 N–H and O–H groups in total. The van der Waals surface area contributed by atoms with Crippen molar-refractivity contribution in [3.8, 4) is 5.75 Å². The van der Waals surface area contributed by atoms with Crippen LogP contribution in [-0.4, -0.2) is 23.7 Å². The summed E-state index contributed by atoms with van der Waals surface area (Å²) in [7, 11) is 0. The molecule has 1 rings (SSSR count). The van der Waals surface area contributed by atoms with Gasteiger partial charge in [0.25, 0.3) is 0 Å². The van der Waals surface area contributed by atoms with E-state index in [0.717, 1.165) is 11.4 Å². The third-order valence-electron chi connectivity index (χ3n) is 2.12. The second-order valence-electron chi connectivity index (χ2n) is 4.12. The molecule has 1 aromatic rings. The van der Waals surface area contributed by atoms with Gasteiger partial charge in [0.05, 0.1) is 6.10 Å². The van der Waals surface area contributed by atoms with Gasteiger partial charge in [0.15, 0.2) is 0 Å². The fourth-order valence-electron chi connectivity index (χ4n) is 1.40. The Hall–Kier alpha value is -1.71. The van der Waals surface area contributed by atoms with Crippen molar-refractivity contribution in [3.63, 3.8) is 0 Å². The number of nitrogens with one attached hydrogen (secondary N) is 1. The molecule has 0 saturated heterocycles. The van der Waals surface area contributed by atoms with Crippen molar-refractivity contribution in [3.05, 3.63) is 24.3 Å². The van der Waals surface area contributed by atoms with E-state index in [4.69, 9.17) is 9.84 Å². The molecule has 0 atom stereocenters. The Morgan fingerprint density at radius 1 is 1.35 bits per heavy atom. The van der Waals surface area contributed by atoms with E-state index in [1.807, 2.05) is 38.1 Å². The monoisotopic (exact) mass is 237 g/mol. The van der Waals surface area contributed by atoms with Gasteiger partial charge < -0.3 is 15.2 Å². The molecule has 0 heterocycles. The lowest BCUT2D eigenvalue weighted by molar-refractivity contribution is -0.137. The molecular formula is C13H19NO3. The highest BCUT2D eigenvalue weighted by Gasteiger charge is 1.99. The fraction of sp³-hybridized carbons (Fsp3) is 0.462. The Labute approximate surface area is 102 Å². The number of hydrogen-bond acceptors (Lipinski definition) is 3. The highest BCUT2D eigenvalue weighted by Crippen LogP contribution is 2.16. The molecule has 4 nitrogen and oxygen atoms in total. The summed E-state index contributed by atoms with van der Waals surface area (Å²) >= 11 is 0. The summed E-state index contributed by atoms with van der Waals surface area (Å²) in [6.07, 6.45) is 0.991. The van der Waals surface area contributed by atoms with Crippen LogP contribution in [0, 0.1) is 0 Å². The van der Waals surface area contributed by atoms with Gasteiger partial charge in [-0.05, 0) is 44.5 Å². The van der Waals surface area contributed by atoms with Gasteiger partial charge in [0.2, 0.25) is 0 Å². The number of hydrogen-bond donors (Lipinski definition) is 2. The maximum absolute atomic E-state index is 10.3. The van der Waals surface area contributed by atoms with Crippen LogP contribution in [0.15, 0.2) is 24.3 Å². The summed E-state index contributed by atoms with van der Waals surface area (Å²) in [6.45, 7) is 4.63. The predicted molar refractivity (Wildman–Crippen MR) is 67.6 cm³/mol. The third-order valence-corrected chi connectivity index (χ3v) is 2.12. The summed E-state index contributed by atoms with van der Waals surface area (Å²) in [5.74, 6) is 0.0866. The lowest BCUT2D eigenvalue weighted by Crippen LogP contribution is -2.06. The molecule has 4 heteroatoms. The van der Waals surface area contributed by atoms with E-state index in [0.29, 0.717) is 13.0 Å². The molecule has 0 fully saturated rings. The fourth-order valence-corrected chi connectivity index (χ4v) is 1.40. The van der Waals surface area contributed by atoms with Gasteiger partial charge in [0.1, 0.15) is 5.75 Å². The van der Waals surface area contributed by atoms with Crippen molar-refractivity contribution < 1.29 is 14.6 Å². The zero-order chi connectivity index (χ0) is 12.7. The molecule has 0 radical (unpaired) electrons. The molecule has 0 aromatic heterocycles. The van der Waals surface area contributed by atoms with Gasteiger partial charge >= 0.3 is 5.97 Å². The van der Waals surface area contributed by atoms with Gasteiger partial charge in [0, 0.05) is 18.7 Å². The molecule has 0 bridgehead atoms. The molecule has 0 amide bonds. The maximum Gasteiger partial charge on any atom is 0.303 e. The minimum Gasteiger partial charge on any atom is -0.491 e. The van der Waals surface area contributed by atoms with Crippen LogP contribution in [0.25, 0.3) is 0 Å². The minimum absolute atomic E-state index is 0.171. The summed E-state index contributed by atoms with van der Waals surface area (Å²) in [5.41, 5.74) is 0.978. The molecule has 0 unspecified atom stereocenters. The number of aliphatic carboxylic acids is 1. The van der Waals surface area contributed by atoms with Crippen LogP contribution in [0.2, 0.25) is 0 Å². The Balaban J connectivity index is 2.32. The first-order valence-electron chi connectivity index (χ1n) is 5.80. The number of carboxylic acid groups (broad SMARTS) is 1. The maximum atomic E-state index is 10.3. The van der Waals surface area contributed by atoms with Crippen molar-refractivity contribution in [2.45, 2.75) is 32.8 Å². The molecule has 0 saturated carbocycles. The van der Waals surface area contributed by atoms with E-state index in [9.17, 15) is 4.79 Å². The first-order valence-corrected chi connectivity index (χ1v) is 5.80. The quantitative estimate of drug-likeness (QED) is 0.716. The molecule has 17 heavy (non-hydrogen) atoms. The molecular weight excluding hydrogens is 218 g/mol. The van der Waals surface area contributed by atoms with Crippen molar-refractivity contribution in [2.24, 2.45) is 0 Å². The third kappa shape index (κ3) is 5.80. The molecule has 0 spiro atoms. The summed E-state index contributed by atoms with van der Waals surface area (Å²) < 4.78 is 5.52. The normalized spacial score (nSPS) is 10.3. The second kappa shape index (κ2) is 6.78. The van der Waals surface area contributed by atoms with Crippen molar-refractivity contribution in [1.29, 1.82) is 0 Å². The van der Waals surface area contributed by atoms with Crippen LogP contribution in [0.5, 0.6) is 5.75 Å². The van der Waals surface area contributed by atoms with E-state index in [1.165, 1.54) is 0 Å². The van der Waals surface area contributed by atoms with Crippen molar-refractivity contribution >= 4 is 11.7 Å². The first-order chi connectivity index (χ1) is 8.08. The van der Waals surface area contributed by atoms with E-state index >= 15 is 0 Å². The van der Waals surface area contributed by atoms with E-state index in [2.05, 4.69) is 5.32 Å². The van der Waals surface area contributed by atoms with E-state index in [-0.39, 0.29) is 12.5 Å². The molecule has 1 aromatic carbocycles. The van der Waals surface area contributed by atoms with Crippen LogP contribution in [0.1, 0.15) is 26.7 Å². The summed E-state index contributed by atoms with van der Waals surface area (Å²) in [4.78, 5) is 10.3. The highest BCUT2D eigenvalue weighted by molar-refractivity contribution is 5.66. The Kier molecular flexibility index (Phi) is 5.33. The number of benzene rings is 1. The standard InChI is InChI=1S/C13H19NO3/c1-10(2)17-12-7-5-11(6-8-12)14-9-3-4-13(15)16/h5-8,10,14H,3-4,9H2,1-2H3,(H,15,16). The van der Waals surface area contributed by atoms with E-state index in [1.54, 1.807) is 0 Å². The van der Waals surface area contributed by atoms with Gasteiger partial charge in [-0.2, -0.15) is 0 Å². The molecule has 0 aliphatic carbocycles. The second-order valence-corrected chi connectivity index (χ2v) is 4.12. The Bertz CT molecular complexity index is 346. The van der Waals surface area contributed by atoms with Crippen LogP contribution in [0.3, 0.4) is 0 Å². The molecule has 0 aliphatic heterocycles. The topological polar surface area (TPSA) is 58.6 Å². The summed E-state index contributed by atoms with van der Waals surface area (Å²) in [5, 5.41) is 11.6. The number of ether oxygens (including phenoxy) is 1. The molecule has 0 aliphatic rings. The van der Waals surface area contributed by atoms with Gasteiger partial charge in [-0.1, -0.05) is 0 Å². The van der Waals surface area contributed by atoms with Crippen LogP contribution < -0.4 is 10.1 Å². The lowest BCUT2D eigenvalue weighted by atomic mass is 10.2. The van der Waals surface area contributed by atoms with E-state index < -0.39 is 5.97 Å². The van der Waals surface area contributed by atoms with Crippen molar-refractivity contribution in [2.75, 3.05) is 11.9 Å². The minimum atomic E-state index is -0.757. The van der Waals surface area contributed by atoms with Crippen LogP contribution in [0.4, 0.5) is 5.69 Å². The van der Waals surface area contributed by atoms with Gasteiger partial charge in [-0.15, -0.1) is 0 Å². The average Bonchev–Trinajstić information content (AvgIpc) is 2.25. The van der Waals surface area contributed by atoms with Crippen LogP contribution in [-0.2, 0) is 4.79 Å². The van der Waals surface area contributed by atoms with Gasteiger partial charge in [-0.3, -0.25) is 4.79 Å². The largest absolute Gasteiger partial charge is 0.491 e. The number of rotatable bonds is 7.